The Balaban J connectivity index is 1.82. The number of hydrogen-bond acceptors (Lipinski definition) is 4. The van der Waals surface area contributed by atoms with Gasteiger partial charge in [0.2, 0.25) is 0 Å². The molecule has 0 aliphatic carbocycles. The summed E-state index contributed by atoms with van der Waals surface area (Å²) in [5.74, 6) is 0.519. The van der Waals surface area contributed by atoms with E-state index in [9.17, 15) is 13.5 Å². The van der Waals surface area contributed by atoms with Gasteiger partial charge in [0, 0.05) is 6.54 Å². The van der Waals surface area contributed by atoms with Gasteiger partial charge in [-0.3, -0.25) is 0 Å². The number of rotatable bonds is 6. The van der Waals surface area contributed by atoms with Crippen molar-refractivity contribution in [2.75, 3.05) is 25.4 Å². The molecular weight excluding hydrogens is 286 g/mol. The van der Waals surface area contributed by atoms with E-state index < -0.39 is 9.84 Å². The number of aliphatic hydroxyl groups excluding tert-OH is 1. The van der Waals surface area contributed by atoms with E-state index in [4.69, 9.17) is 0 Å². The maximum absolute atomic E-state index is 12.2. The zero-order valence-electron chi connectivity index (χ0n) is 12.8. The molecule has 2 rings (SSSR count). The van der Waals surface area contributed by atoms with Crippen LogP contribution in [0.3, 0.4) is 0 Å². The molecule has 0 radical (unpaired) electrons. The van der Waals surface area contributed by atoms with Crippen LogP contribution in [0.5, 0.6) is 0 Å². The molecule has 1 heterocycles. The fraction of sp³-hybridized carbons (Fsp3) is 0.625. The van der Waals surface area contributed by atoms with Gasteiger partial charge in [0.25, 0.3) is 0 Å². The molecule has 1 N–H and O–H groups in total. The molecule has 1 aliphatic heterocycles. The SMILES string of the molecule is Cc1ccc(S(=O)(=O)CCCN2CCC(C(C)O)C2)cc1. The Bertz CT molecular complexity index is 551. The zero-order chi connectivity index (χ0) is 15.5. The first-order valence-electron chi connectivity index (χ1n) is 7.58. The fourth-order valence-electron chi connectivity index (χ4n) is 2.80. The van der Waals surface area contributed by atoms with Crippen LogP contribution in [0.1, 0.15) is 25.3 Å². The van der Waals surface area contributed by atoms with Crippen molar-refractivity contribution in [2.24, 2.45) is 5.92 Å². The fourth-order valence-corrected chi connectivity index (χ4v) is 4.10. The highest BCUT2D eigenvalue weighted by molar-refractivity contribution is 7.91. The lowest BCUT2D eigenvalue weighted by Crippen LogP contribution is -2.26. The molecule has 0 spiro atoms. The molecule has 4 nitrogen and oxygen atoms in total. The molecule has 118 valence electrons. The van der Waals surface area contributed by atoms with Gasteiger partial charge < -0.3 is 10.0 Å². The summed E-state index contributed by atoms with van der Waals surface area (Å²) in [7, 11) is -3.17. The summed E-state index contributed by atoms with van der Waals surface area (Å²) in [6, 6.07) is 7.04. The van der Waals surface area contributed by atoms with Crippen LogP contribution >= 0.6 is 0 Å². The number of sulfone groups is 1. The lowest BCUT2D eigenvalue weighted by atomic mass is 10.0. The van der Waals surface area contributed by atoms with E-state index in [1.54, 1.807) is 12.1 Å². The Morgan fingerprint density at radius 1 is 1.33 bits per heavy atom. The topological polar surface area (TPSA) is 57.6 Å². The molecule has 1 saturated heterocycles. The molecular formula is C16H25NO3S. The van der Waals surface area contributed by atoms with Gasteiger partial charge in [0.05, 0.1) is 16.8 Å². The molecule has 1 aromatic carbocycles. The van der Waals surface area contributed by atoms with Gasteiger partial charge in [-0.15, -0.1) is 0 Å². The normalized spacial score (nSPS) is 21.6. The summed E-state index contributed by atoms with van der Waals surface area (Å²) in [5, 5.41) is 9.57. The quantitative estimate of drug-likeness (QED) is 0.871. The van der Waals surface area contributed by atoms with Gasteiger partial charge in [-0.1, -0.05) is 17.7 Å². The van der Waals surface area contributed by atoms with Crippen LogP contribution < -0.4 is 0 Å². The van der Waals surface area contributed by atoms with Crippen molar-refractivity contribution in [3.05, 3.63) is 29.8 Å². The lowest BCUT2D eigenvalue weighted by molar-refractivity contribution is 0.128. The van der Waals surface area contributed by atoms with E-state index in [2.05, 4.69) is 4.90 Å². The standard InChI is InChI=1S/C16H25NO3S/c1-13-4-6-16(7-5-13)21(19,20)11-3-9-17-10-8-15(12-17)14(2)18/h4-7,14-15,18H,3,8-12H2,1-2H3. The monoisotopic (exact) mass is 311 g/mol. The second-order valence-corrected chi connectivity index (χ2v) is 8.18. The first-order chi connectivity index (χ1) is 9.88. The maximum Gasteiger partial charge on any atom is 0.178 e. The van der Waals surface area contributed by atoms with Crippen molar-refractivity contribution < 1.29 is 13.5 Å². The van der Waals surface area contributed by atoms with Gasteiger partial charge in [0.15, 0.2) is 9.84 Å². The summed E-state index contributed by atoms with van der Waals surface area (Å²) in [4.78, 5) is 2.67. The summed E-state index contributed by atoms with van der Waals surface area (Å²) in [5.41, 5.74) is 1.06. The van der Waals surface area contributed by atoms with E-state index in [-0.39, 0.29) is 11.9 Å². The molecule has 0 saturated carbocycles. The van der Waals surface area contributed by atoms with Crippen LogP contribution in [0.15, 0.2) is 29.2 Å². The highest BCUT2D eigenvalue weighted by atomic mass is 32.2. The minimum absolute atomic E-state index is 0.186. The summed E-state index contributed by atoms with van der Waals surface area (Å²) in [6.45, 7) is 6.40. The maximum atomic E-state index is 12.2. The second-order valence-electron chi connectivity index (χ2n) is 6.08. The number of nitrogens with zero attached hydrogens (tertiary/aromatic N) is 1. The summed E-state index contributed by atoms with van der Waals surface area (Å²) >= 11 is 0. The molecule has 1 fully saturated rings. The molecule has 1 aliphatic rings. The Hall–Kier alpha value is -0.910. The smallest absolute Gasteiger partial charge is 0.178 e. The van der Waals surface area contributed by atoms with Crippen molar-refractivity contribution in [3.8, 4) is 0 Å². The van der Waals surface area contributed by atoms with Crippen LogP contribution in [-0.2, 0) is 9.84 Å². The first-order valence-corrected chi connectivity index (χ1v) is 9.23. The lowest BCUT2D eigenvalue weighted by Gasteiger charge is -2.17. The Morgan fingerprint density at radius 3 is 2.57 bits per heavy atom. The van der Waals surface area contributed by atoms with Crippen molar-refractivity contribution in [1.29, 1.82) is 0 Å². The molecule has 1 aromatic rings. The number of hydrogen-bond donors (Lipinski definition) is 1. The van der Waals surface area contributed by atoms with Crippen LogP contribution in [0, 0.1) is 12.8 Å². The average Bonchev–Trinajstić information content (AvgIpc) is 2.88. The minimum atomic E-state index is -3.17. The predicted molar refractivity (Wildman–Crippen MR) is 84.1 cm³/mol. The van der Waals surface area contributed by atoms with Gasteiger partial charge >= 0.3 is 0 Å². The minimum Gasteiger partial charge on any atom is -0.393 e. The van der Waals surface area contributed by atoms with Gasteiger partial charge in [-0.2, -0.15) is 0 Å². The zero-order valence-corrected chi connectivity index (χ0v) is 13.6. The Morgan fingerprint density at radius 2 is 2.00 bits per heavy atom. The third-order valence-electron chi connectivity index (χ3n) is 4.26. The van der Waals surface area contributed by atoms with E-state index in [1.807, 2.05) is 26.0 Å². The predicted octanol–water partition coefficient (Wildman–Crippen LogP) is 1.86. The van der Waals surface area contributed by atoms with Crippen LogP contribution in [0.25, 0.3) is 0 Å². The molecule has 0 aromatic heterocycles. The largest absolute Gasteiger partial charge is 0.393 e. The molecule has 0 bridgehead atoms. The van der Waals surface area contributed by atoms with E-state index in [1.165, 1.54) is 0 Å². The second kappa shape index (κ2) is 6.90. The molecule has 21 heavy (non-hydrogen) atoms. The third-order valence-corrected chi connectivity index (χ3v) is 6.08. The summed E-state index contributed by atoms with van der Waals surface area (Å²) in [6.07, 6.45) is 1.37. The molecule has 2 atom stereocenters. The van der Waals surface area contributed by atoms with Crippen molar-refractivity contribution in [1.82, 2.24) is 4.90 Å². The van der Waals surface area contributed by atoms with Gasteiger partial charge in [-0.05, 0) is 57.8 Å². The van der Waals surface area contributed by atoms with Crippen LogP contribution in [0.4, 0.5) is 0 Å². The molecule has 2 unspecified atom stereocenters. The van der Waals surface area contributed by atoms with Gasteiger partial charge in [-0.25, -0.2) is 8.42 Å². The van der Waals surface area contributed by atoms with Crippen LogP contribution in [0.2, 0.25) is 0 Å². The summed E-state index contributed by atoms with van der Waals surface area (Å²) < 4.78 is 24.5. The van der Waals surface area contributed by atoms with E-state index >= 15 is 0 Å². The highest BCUT2D eigenvalue weighted by Gasteiger charge is 2.25. The molecule has 0 amide bonds. The average molecular weight is 311 g/mol. The van der Waals surface area contributed by atoms with Crippen molar-refractivity contribution in [2.45, 2.75) is 37.7 Å². The Labute approximate surface area is 127 Å². The molecule has 5 heteroatoms. The van der Waals surface area contributed by atoms with Gasteiger partial charge in [0.1, 0.15) is 0 Å². The number of benzene rings is 1. The van der Waals surface area contributed by atoms with E-state index in [0.29, 0.717) is 17.2 Å². The first kappa shape index (κ1) is 16.5. The number of aliphatic hydroxyl groups is 1. The van der Waals surface area contributed by atoms with Crippen LogP contribution in [-0.4, -0.2) is 49.9 Å². The number of likely N-dealkylation sites (tertiary alicyclic amines) is 1. The van der Waals surface area contributed by atoms with E-state index in [0.717, 1.165) is 31.6 Å². The Kier molecular flexibility index (Phi) is 5.41. The van der Waals surface area contributed by atoms with Crippen molar-refractivity contribution in [3.63, 3.8) is 0 Å². The highest BCUT2D eigenvalue weighted by Crippen LogP contribution is 2.20. The third kappa shape index (κ3) is 4.53. The van der Waals surface area contributed by atoms with Crippen molar-refractivity contribution >= 4 is 9.84 Å². The number of aryl methyl sites for hydroxylation is 1.